The van der Waals surface area contributed by atoms with Gasteiger partial charge in [-0.15, -0.1) is 10.2 Å². The van der Waals surface area contributed by atoms with Gasteiger partial charge in [-0.25, -0.2) is 4.98 Å². The van der Waals surface area contributed by atoms with E-state index in [0.29, 0.717) is 10.7 Å². The van der Waals surface area contributed by atoms with Gasteiger partial charge in [0.1, 0.15) is 11.3 Å². The predicted molar refractivity (Wildman–Crippen MR) is 110 cm³/mol. The van der Waals surface area contributed by atoms with Gasteiger partial charge in [0, 0.05) is 24.4 Å². The van der Waals surface area contributed by atoms with Crippen LogP contribution in [0.5, 0.6) is 0 Å². The molecule has 0 bridgehead atoms. The highest BCUT2D eigenvalue weighted by atomic mass is 32.2. The third-order valence-corrected chi connectivity index (χ3v) is 5.48. The van der Waals surface area contributed by atoms with E-state index in [0.717, 1.165) is 27.6 Å². The molecule has 0 fully saturated rings. The monoisotopic (exact) mass is 390 g/mol. The summed E-state index contributed by atoms with van der Waals surface area (Å²) in [4.78, 5) is 28.4. The van der Waals surface area contributed by atoms with Crippen LogP contribution in [0.25, 0.3) is 22.1 Å². The van der Waals surface area contributed by atoms with Crippen LogP contribution >= 0.6 is 11.8 Å². The Morgan fingerprint density at radius 1 is 1.07 bits per heavy atom. The number of benzene rings is 2. The maximum atomic E-state index is 12.4. The molecule has 28 heavy (non-hydrogen) atoms. The highest BCUT2D eigenvalue weighted by Crippen LogP contribution is 2.26. The fourth-order valence-electron chi connectivity index (χ4n) is 3.18. The average molecular weight is 390 g/mol. The Morgan fingerprint density at radius 2 is 1.89 bits per heavy atom. The summed E-state index contributed by atoms with van der Waals surface area (Å²) in [6.45, 7) is 1.52. The molecule has 0 saturated carbocycles. The molecule has 6 nitrogen and oxygen atoms in total. The molecule has 2 aromatic heterocycles. The molecule has 0 radical (unpaired) electrons. The van der Waals surface area contributed by atoms with Gasteiger partial charge in [0.15, 0.2) is 11.4 Å². The number of hydrogen-bond donors (Lipinski definition) is 0. The zero-order valence-electron chi connectivity index (χ0n) is 15.5. The second-order valence-electron chi connectivity index (χ2n) is 6.60. The molecule has 2 aromatic carbocycles. The lowest BCUT2D eigenvalue weighted by atomic mass is 10.0. The molecule has 0 spiro atoms. The zero-order valence-corrected chi connectivity index (χ0v) is 16.4. The maximum absolute atomic E-state index is 12.4. The third kappa shape index (κ3) is 3.53. The molecular weight excluding hydrogens is 372 g/mol. The Balaban J connectivity index is 1.49. The van der Waals surface area contributed by atoms with E-state index in [1.165, 1.54) is 18.7 Å². The van der Waals surface area contributed by atoms with Crippen molar-refractivity contribution < 1.29 is 9.59 Å². The Labute approximate surface area is 166 Å². The summed E-state index contributed by atoms with van der Waals surface area (Å²) in [6.07, 6.45) is 0.276. The van der Waals surface area contributed by atoms with E-state index in [1.807, 2.05) is 41.9 Å². The largest absolute Gasteiger partial charge is 0.327 e. The van der Waals surface area contributed by atoms with E-state index in [2.05, 4.69) is 15.2 Å². The Kier molecular flexibility index (Phi) is 4.92. The number of fused-ring (bicyclic) bond motifs is 3. The number of Topliss-reactive ketones (excluding diaryl/α,β-unsaturated/α-hetero) is 2. The van der Waals surface area contributed by atoms with Crippen LogP contribution < -0.4 is 0 Å². The quantitative estimate of drug-likeness (QED) is 0.370. The van der Waals surface area contributed by atoms with Gasteiger partial charge in [0.2, 0.25) is 5.16 Å². The maximum Gasteiger partial charge on any atom is 0.211 e. The number of hydrogen-bond acceptors (Lipinski definition) is 6. The van der Waals surface area contributed by atoms with E-state index in [-0.39, 0.29) is 23.7 Å². The second-order valence-corrected chi connectivity index (χ2v) is 7.55. The highest BCUT2D eigenvalue weighted by Gasteiger charge is 2.13. The SMILES string of the molecule is CC(=O)c1cccc(CC(=O)CSc2nnc3c4ccccc4n(C)c3n2)c1. The van der Waals surface area contributed by atoms with Crippen molar-refractivity contribution in [3.05, 3.63) is 59.7 Å². The van der Waals surface area contributed by atoms with E-state index < -0.39 is 0 Å². The molecule has 0 unspecified atom stereocenters. The second kappa shape index (κ2) is 7.52. The van der Waals surface area contributed by atoms with Crippen LogP contribution in [0, 0.1) is 0 Å². The van der Waals surface area contributed by atoms with Gasteiger partial charge in [-0.2, -0.15) is 0 Å². The van der Waals surface area contributed by atoms with Crippen molar-refractivity contribution >= 4 is 45.4 Å². The van der Waals surface area contributed by atoms with Crippen molar-refractivity contribution in [3.8, 4) is 0 Å². The van der Waals surface area contributed by atoms with Gasteiger partial charge < -0.3 is 4.57 Å². The standard InChI is InChI=1S/C21H18N4O2S/c1-13(26)15-7-5-6-14(10-15)11-16(27)12-28-21-22-20-19(23-24-21)17-8-3-4-9-18(17)25(20)2/h3-10H,11-12H2,1-2H3. The highest BCUT2D eigenvalue weighted by molar-refractivity contribution is 7.99. The van der Waals surface area contributed by atoms with Gasteiger partial charge >= 0.3 is 0 Å². The summed E-state index contributed by atoms with van der Waals surface area (Å²) in [7, 11) is 1.95. The van der Waals surface area contributed by atoms with Crippen LogP contribution in [0.15, 0.2) is 53.7 Å². The molecule has 7 heteroatoms. The zero-order chi connectivity index (χ0) is 19.7. The van der Waals surface area contributed by atoms with Crippen molar-refractivity contribution in [2.24, 2.45) is 7.05 Å². The molecule has 4 aromatic rings. The van der Waals surface area contributed by atoms with Gasteiger partial charge in [0.05, 0.1) is 11.3 Å². The molecule has 2 heterocycles. The van der Waals surface area contributed by atoms with Crippen molar-refractivity contribution in [3.63, 3.8) is 0 Å². The molecule has 4 rings (SSSR count). The van der Waals surface area contributed by atoms with Gasteiger partial charge in [-0.3, -0.25) is 9.59 Å². The average Bonchev–Trinajstić information content (AvgIpc) is 2.99. The van der Waals surface area contributed by atoms with Crippen LogP contribution in [0.1, 0.15) is 22.8 Å². The summed E-state index contributed by atoms with van der Waals surface area (Å²) in [5.41, 5.74) is 4.01. The van der Waals surface area contributed by atoms with Gasteiger partial charge in [-0.05, 0) is 24.6 Å². The van der Waals surface area contributed by atoms with Crippen LogP contribution in [0.3, 0.4) is 0 Å². The summed E-state index contributed by atoms with van der Waals surface area (Å²) < 4.78 is 1.98. The lowest BCUT2D eigenvalue weighted by Crippen LogP contribution is -2.07. The van der Waals surface area contributed by atoms with Crippen LogP contribution in [-0.4, -0.2) is 37.1 Å². The normalized spacial score (nSPS) is 11.2. The van der Waals surface area contributed by atoms with E-state index in [4.69, 9.17) is 0 Å². The molecule has 0 aliphatic carbocycles. The number of ketones is 2. The summed E-state index contributed by atoms with van der Waals surface area (Å²) in [6, 6.07) is 15.1. The Hall–Kier alpha value is -3.06. The minimum absolute atomic E-state index is 0.00796. The Bertz CT molecular complexity index is 1220. The van der Waals surface area contributed by atoms with Crippen LogP contribution in [-0.2, 0) is 18.3 Å². The number of aryl methyl sites for hydroxylation is 1. The molecule has 0 atom stereocenters. The minimum Gasteiger partial charge on any atom is -0.327 e. The Morgan fingerprint density at radius 3 is 2.71 bits per heavy atom. The van der Waals surface area contributed by atoms with E-state index in [1.54, 1.807) is 18.2 Å². The molecule has 0 saturated heterocycles. The van der Waals surface area contributed by atoms with Crippen molar-refractivity contribution in [1.29, 1.82) is 0 Å². The number of carbonyl (C=O) groups excluding carboxylic acids is 2. The molecule has 0 amide bonds. The van der Waals surface area contributed by atoms with Crippen molar-refractivity contribution in [2.75, 3.05) is 5.75 Å². The first kappa shape index (κ1) is 18.3. The lowest BCUT2D eigenvalue weighted by molar-refractivity contribution is -0.116. The summed E-state index contributed by atoms with van der Waals surface area (Å²) in [5.74, 6) is 0.291. The molecule has 0 aliphatic rings. The fraction of sp³-hybridized carbons (Fsp3) is 0.190. The summed E-state index contributed by atoms with van der Waals surface area (Å²) in [5, 5.41) is 9.99. The molecule has 0 aliphatic heterocycles. The fourth-order valence-corrected chi connectivity index (χ4v) is 3.82. The van der Waals surface area contributed by atoms with Crippen molar-refractivity contribution in [2.45, 2.75) is 18.5 Å². The number of nitrogens with zero attached hydrogens (tertiary/aromatic N) is 4. The first-order valence-corrected chi connectivity index (χ1v) is 9.83. The smallest absolute Gasteiger partial charge is 0.211 e. The number of aromatic nitrogens is 4. The van der Waals surface area contributed by atoms with Crippen LogP contribution in [0.2, 0.25) is 0 Å². The van der Waals surface area contributed by atoms with Crippen LogP contribution in [0.4, 0.5) is 0 Å². The van der Waals surface area contributed by atoms with Gasteiger partial charge in [0.25, 0.3) is 0 Å². The molecular formula is C21H18N4O2S. The minimum atomic E-state index is -0.00796. The molecule has 140 valence electrons. The van der Waals surface area contributed by atoms with Gasteiger partial charge in [-0.1, -0.05) is 48.2 Å². The molecule has 0 N–H and O–H groups in total. The summed E-state index contributed by atoms with van der Waals surface area (Å²) >= 11 is 1.28. The van der Waals surface area contributed by atoms with Crippen molar-refractivity contribution in [1.82, 2.24) is 19.7 Å². The number of thioether (sulfide) groups is 1. The third-order valence-electron chi connectivity index (χ3n) is 4.58. The number of carbonyl (C=O) groups is 2. The topological polar surface area (TPSA) is 77.7 Å². The van der Waals surface area contributed by atoms with E-state index >= 15 is 0 Å². The predicted octanol–water partition coefficient (Wildman–Crippen LogP) is 3.62. The number of para-hydroxylation sites is 1. The first-order chi connectivity index (χ1) is 13.5. The number of rotatable bonds is 6. The van der Waals surface area contributed by atoms with E-state index in [9.17, 15) is 9.59 Å². The first-order valence-electron chi connectivity index (χ1n) is 8.85. The lowest BCUT2D eigenvalue weighted by Gasteiger charge is -2.03.